The van der Waals surface area contributed by atoms with E-state index < -0.39 is 5.82 Å². The Morgan fingerprint density at radius 1 is 1.43 bits per heavy atom. The average molecular weight is 196 g/mol. The van der Waals surface area contributed by atoms with E-state index in [9.17, 15) is 4.39 Å². The van der Waals surface area contributed by atoms with E-state index in [1.165, 1.54) is 7.11 Å². The largest absolute Gasteiger partial charge is 0.467 e. The molecule has 2 rings (SSSR count). The number of hydrogen-bond acceptors (Lipinski definition) is 6. The van der Waals surface area contributed by atoms with Crippen LogP contribution in [-0.4, -0.2) is 27.2 Å². The Kier molecular flexibility index (Phi) is 2.05. The molecule has 0 aromatic carbocycles. The van der Waals surface area contributed by atoms with E-state index in [1.54, 1.807) is 0 Å². The number of hydrogen-bond donors (Lipinski definition) is 0. The summed E-state index contributed by atoms with van der Waals surface area (Å²) < 4.78 is 22.5. The van der Waals surface area contributed by atoms with Gasteiger partial charge in [0.15, 0.2) is 17.8 Å². The van der Waals surface area contributed by atoms with Crippen LogP contribution in [0, 0.1) is 5.82 Å². The van der Waals surface area contributed by atoms with Gasteiger partial charge in [0.2, 0.25) is 0 Å². The molecule has 7 heteroatoms. The van der Waals surface area contributed by atoms with Crippen molar-refractivity contribution in [2.75, 3.05) is 7.11 Å². The van der Waals surface area contributed by atoms with Crippen molar-refractivity contribution in [3.8, 4) is 17.6 Å². The topological polar surface area (TPSA) is 73.9 Å². The van der Waals surface area contributed by atoms with Crippen LogP contribution < -0.4 is 4.74 Å². The Labute approximate surface area is 77.8 Å². The summed E-state index contributed by atoms with van der Waals surface area (Å²) in [5.74, 6) is -0.654. The van der Waals surface area contributed by atoms with E-state index >= 15 is 0 Å². The van der Waals surface area contributed by atoms with Gasteiger partial charge in [-0.25, -0.2) is 9.37 Å². The van der Waals surface area contributed by atoms with Crippen molar-refractivity contribution >= 4 is 0 Å². The average Bonchev–Trinajstić information content (AvgIpc) is 2.71. The summed E-state index contributed by atoms with van der Waals surface area (Å²) in [6, 6.07) is 0.0413. The van der Waals surface area contributed by atoms with E-state index in [-0.39, 0.29) is 17.6 Å². The van der Waals surface area contributed by atoms with Crippen LogP contribution in [0.4, 0.5) is 4.39 Å². The van der Waals surface area contributed by atoms with Crippen molar-refractivity contribution in [3.05, 3.63) is 18.3 Å². The van der Waals surface area contributed by atoms with Gasteiger partial charge in [0.25, 0.3) is 5.89 Å². The summed E-state index contributed by atoms with van der Waals surface area (Å²) in [6.45, 7) is 0. The first-order chi connectivity index (χ1) is 6.81. The summed E-state index contributed by atoms with van der Waals surface area (Å²) in [5, 5.41) is 3.34. The van der Waals surface area contributed by atoms with Crippen molar-refractivity contribution < 1.29 is 13.7 Å². The maximum absolute atomic E-state index is 13.2. The highest BCUT2D eigenvalue weighted by Crippen LogP contribution is 2.18. The Bertz CT molecular complexity index is 431. The fraction of sp³-hybridized carbons (Fsp3) is 0.143. The standard InChI is InChI=1S/C7H5FN4O2/c1-13-7-9-2-4(8)5(12-7)6-10-3-11-14-6/h2-3H,1H3. The van der Waals surface area contributed by atoms with Crippen LogP contribution in [0.3, 0.4) is 0 Å². The second-order valence-corrected chi connectivity index (χ2v) is 2.30. The monoisotopic (exact) mass is 196 g/mol. The zero-order valence-electron chi connectivity index (χ0n) is 7.14. The first-order valence-electron chi connectivity index (χ1n) is 3.65. The number of halogens is 1. The van der Waals surface area contributed by atoms with Gasteiger partial charge in [0.1, 0.15) is 0 Å². The third kappa shape index (κ3) is 1.39. The van der Waals surface area contributed by atoms with E-state index in [4.69, 9.17) is 4.74 Å². The van der Waals surface area contributed by atoms with Crippen molar-refractivity contribution in [1.82, 2.24) is 20.1 Å². The minimum atomic E-state index is -0.643. The molecule has 0 amide bonds. The number of methoxy groups -OCH3 is 1. The molecule has 14 heavy (non-hydrogen) atoms. The Morgan fingerprint density at radius 2 is 2.29 bits per heavy atom. The van der Waals surface area contributed by atoms with Gasteiger partial charge in [-0.15, -0.1) is 0 Å². The van der Waals surface area contributed by atoms with E-state index in [1.807, 2.05) is 0 Å². The third-order valence-corrected chi connectivity index (χ3v) is 1.47. The quantitative estimate of drug-likeness (QED) is 0.702. The van der Waals surface area contributed by atoms with Gasteiger partial charge in [-0.2, -0.15) is 9.97 Å². The van der Waals surface area contributed by atoms with E-state index in [2.05, 4.69) is 24.6 Å². The molecule has 0 atom stereocenters. The third-order valence-electron chi connectivity index (χ3n) is 1.47. The Hall–Kier alpha value is -2.05. The molecule has 0 aliphatic heterocycles. The first kappa shape index (κ1) is 8.54. The summed E-state index contributed by atoms with van der Waals surface area (Å²) in [5.41, 5.74) is -0.0747. The molecule has 2 heterocycles. The normalized spacial score (nSPS) is 10.1. The van der Waals surface area contributed by atoms with Crippen molar-refractivity contribution in [3.63, 3.8) is 0 Å². The zero-order valence-corrected chi connectivity index (χ0v) is 7.14. The molecular weight excluding hydrogens is 191 g/mol. The Balaban J connectivity index is 2.51. The number of ether oxygens (including phenoxy) is 1. The maximum Gasteiger partial charge on any atom is 0.316 e. The van der Waals surface area contributed by atoms with Gasteiger partial charge >= 0.3 is 6.01 Å². The highest BCUT2D eigenvalue weighted by atomic mass is 19.1. The van der Waals surface area contributed by atoms with Crippen LogP contribution in [0.25, 0.3) is 11.6 Å². The molecule has 6 nitrogen and oxygen atoms in total. The fourth-order valence-corrected chi connectivity index (χ4v) is 0.877. The zero-order chi connectivity index (χ0) is 9.97. The molecule has 0 bridgehead atoms. The molecule has 2 aromatic rings. The number of nitrogens with zero attached hydrogens (tertiary/aromatic N) is 4. The van der Waals surface area contributed by atoms with Crippen molar-refractivity contribution in [2.24, 2.45) is 0 Å². The lowest BCUT2D eigenvalue weighted by molar-refractivity contribution is 0.374. The van der Waals surface area contributed by atoms with Crippen molar-refractivity contribution in [1.29, 1.82) is 0 Å². The van der Waals surface area contributed by atoms with Crippen LogP contribution in [0.1, 0.15) is 0 Å². The van der Waals surface area contributed by atoms with Crippen LogP contribution >= 0.6 is 0 Å². The minimum absolute atomic E-state index is 0.0109. The van der Waals surface area contributed by atoms with Gasteiger partial charge in [-0.3, -0.25) is 0 Å². The first-order valence-corrected chi connectivity index (χ1v) is 3.65. The SMILES string of the molecule is COc1ncc(F)c(-c2ncno2)n1. The lowest BCUT2D eigenvalue weighted by atomic mass is 10.4. The molecule has 0 N–H and O–H groups in total. The highest BCUT2D eigenvalue weighted by molar-refractivity contribution is 5.46. The molecule has 0 saturated heterocycles. The van der Waals surface area contributed by atoms with Crippen LogP contribution in [0.5, 0.6) is 6.01 Å². The molecule has 2 aromatic heterocycles. The van der Waals surface area contributed by atoms with Crippen LogP contribution in [0.2, 0.25) is 0 Å². The van der Waals surface area contributed by atoms with E-state index in [0.29, 0.717) is 0 Å². The molecule has 0 aliphatic carbocycles. The second-order valence-electron chi connectivity index (χ2n) is 2.30. The lowest BCUT2D eigenvalue weighted by Gasteiger charge is -1.99. The molecule has 0 radical (unpaired) electrons. The predicted octanol–water partition coefficient (Wildman–Crippen LogP) is 0.674. The number of aromatic nitrogens is 4. The van der Waals surface area contributed by atoms with Gasteiger partial charge in [-0.05, 0) is 0 Å². The van der Waals surface area contributed by atoms with Crippen LogP contribution in [-0.2, 0) is 0 Å². The second kappa shape index (κ2) is 3.36. The molecule has 0 saturated carbocycles. The van der Waals surface area contributed by atoms with Gasteiger partial charge in [0, 0.05) is 0 Å². The highest BCUT2D eigenvalue weighted by Gasteiger charge is 2.14. The van der Waals surface area contributed by atoms with Gasteiger partial charge in [0.05, 0.1) is 13.3 Å². The Morgan fingerprint density at radius 3 is 2.93 bits per heavy atom. The van der Waals surface area contributed by atoms with E-state index in [0.717, 1.165) is 12.5 Å². The van der Waals surface area contributed by atoms with Gasteiger partial charge < -0.3 is 9.26 Å². The summed E-state index contributed by atoms with van der Waals surface area (Å²) >= 11 is 0. The molecular formula is C7H5FN4O2. The minimum Gasteiger partial charge on any atom is -0.467 e. The summed E-state index contributed by atoms with van der Waals surface area (Å²) in [6.07, 6.45) is 2.13. The molecule has 72 valence electrons. The fourth-order valence-electron chi connectivity index (χ4n) is 0.877. The lowest BCUT2D eigenvalue weighted by Crippen LogP contribution is -1.96. The van der Waals surface area contributed by atoms with Gasteiger partial charge in [-0.1, -0.05) is 5.16 Å². The molecule has 0 aliphatic rings. The molecule has 0 unspecified atom stereocenters. The molecule has 0 fully saturated rings. The summed E-state index contributed by atoms with van der Waals surface area (Å²) in [7, 11) is 1.38. The molecule has 0 spiro atoms. The smallest absolute Gasteiger partial charge is 0.316 e. The van der Waals surface area contributed by atoms with Crippen LogP contribution in [0.15, 0.2) is 17.0 Å². The van der Waals surface area contributed by atoms with Crippen molar-refractivity contribution in [2.45, 2.75) is 0 Å². The summed E-state index contributed by atoms with van der Waals surface area (Å²) in [4.78, 5) is 11.0. The predicted molar refractivity (Wildman–Crippen MR) is 41.8 cm³/mol. The number of rotatable bonds is 2. The maximum atomic E-state index is 13.2.